The van der Waals surface area contributed by atoms with Crippen molar-refractivity contribution in [2.45, 2.75) is 26.8 Å². The van der Waals surface area contributed by atoms with Crippen molar-refractivity contribution in [1.29, 1.82) is 0 Å². The maximum atomic E-state index is 10.8. The molecule has 96 valence electrons. The van der Waals surface area contributed by atoms with Crippen molar-refractivity contribution >= 4 is 17.5 Å². The highest BCUT2D eigenvalue weighted by Crippen LogP contribution is 2.24. The molecule has 1 N–H and O–H groups in total. The van der Waals surface area contributed by atoms with Crippen LogP contribution in [0.1, 0.15) is 19.5 Å². The molecule has 0 aliphatic carbocycles. The first-order chi connectivity index (χ1) is 8.63. The van der Waals surface area contributed by atoms with E-state index in [0.29, 0.717) is 5.82 Å². The second kappa shape index (κ2) is 5.17. The van der Waals surface area contributed by atoms with E-state index >= 15 is 0 Å². The first-order valence-corrected chi connectivity index (χ1v) is 6.21. The Morgan fingerprint density at radius 1 is 1.50 bits per heavy atom. The number of carboxylic acid groups (broad SMARTS) is 1. The van der Waals surface area contributed by atoms with Crippen molar-refractivity contribution in [2.24, 2.45) is 5.92 Å². The lowest BCUT2D eigenvalue weighted by Crippen LogP contribution is -2.18. The number of aryl methyl sites for hydroxylation is 1. The van der Waals surface area contributed by atoms with Gasteiger partial charge in [-0.25, -0.2) is 4.68 Å². The number of tetrazole rings is 1. The fourth-order valence-electron chi connectivity index (χ4n) is 1.44. The minimum Gasteiger partial charge on any atom is -0.481 e. The van der Waals surface area contributed by atoms with E-state index in [-0.39, 0.29) is 6.54 Å². The second-order valence-corrected chi connectivity index (χ2v) is 4.58. The molecule has 0 radical (unpaired) electrons. The molecule has 0 saturated carbocycles. The number of nitrogens with zero attached hydrogens (tertiary/aromatic N) is 6. The number of carbonyl (C=O) groups is 1. The van der Waals surface area contributed by atoms with E-state index in [1.807, 2.05) is 6.92 Å². The molecule has 2 heterocycles. The summed E-state index contributed by atoms with van der Waals surface area (Å²) >= 11 is 1.21. The van der Waals surface area contributed by atoms with Crippen LogP contribution >= 0.6 is 11.5 Å². The number of rotatable bonds is 5. The summed E-state index contributed by atoms with van der Waals surface area (Å²) in [6, 6.07) is 0. The summed E-state index contributed by atoms with van der Waals surface area (Å²) in [6.07, 6.45) is 0.729. The van der Waals surface area contributed by atoms with Crippen LogP contribution in [0.2, 0.25) is 0 Å². The van der Waals surface area contributed by atoms with Gasteiger partial charge in [0.05, 0.1) is 18.2 Å². The molecule has 1 unspecified atom stereocenters. The van der Waals surface area contributed by atoms with Gasteiger partial charge in [-0.3, -0.25) is 4.79 Å². The fourth-order valence-corrected chi connectivity index (χ4v) is 2.18. The summed E-state index contributed by atoms with van der Waals surface area (Å²) in [7, 11) is 0. The van der Waals surface area contributed by atoms with E-state index in [1.165, 1.54) is 16.2 Å². The summed E-state index contributed by atoms with van der Waals surface area (Å²) in [6.45, 7) is 3.80. The van der Waals surface area contributed by atoms with Gasteiger partial charge in [0, 0.05) is 0 Å². The monoisotopic (exact) mass is 268 g/mol. The fraction of sp³-hybridized carbons (Fsp3) is 0.556. The standard InChI is InChI=1S/C9H12N6O2S/c1-3-6-7(18-14-10-6)8-11-12-13-15(8)4-5(2)9(16)17/h5H,3-4H2,1-2H3,(H,16,17). The Balaban J connectivity index is 2.30. The minimum absolute atomic E-state index is 0.221. The smallest absolute Gasteiger partial charge is 0.308 e. The van der Waals surface area contributed by atoms with Crippen LogP contribution in [0.3, 0.4) is 0 Å². The Morgan fingerprint density at radius 2 is 2.28 bits per heavy atom. The zero-order chi connectivity index (χ0) is 13.1. The topological polar surface area (TPSA) is 107 Å². The number of carboxylic acids is 1. The van der Waals surface area contributed by atoms with Crippen LogP contribution in [0, 0.1) is 5.92 Å². The SMILES string of the molecule is CCc1nnsc1-c1nnnn1CC(C)C(=O)O. The lowest BCUT2D eigenvalue weighted by atomic mass is 10.2. The number of hydrogen-bond donors (Lipinski definition) is 1. The normalized spacial score (nSPS) is 12.6. The molecule has 2 aromatic rings. The molecule has 0 fully saturated rings. The van der Waals surface area contributed by atoms with Crippen molar-refractivity contribution in [3.63, 3.8) is 0 Å². The summed E-state index contributed by atoms with van der Waals surface area (Å²) in [5.74, 6) is -0.914. The van der Waals surface area contributed by atoms with Gasteiger partial charge in [0.25, 0.3) is 0 Å². The molecule has 0 saturated heterocycles. The van der Waals surface area contributed by atoms with Crippen LogP contribution in [0.4, 0.5) is 0 Å². The van der Waals surface area contributed by atoms with E-state index in [1.54, 1.807) is 6.92 Å². The van der Waals surface area contributed by atoms with Gasteiger partial charge >= 0.3 is 5.97 Å². The van der Waals surface area contributed by atoms with Crippen molar-refractivity contribution < 1.29 is 9.90 Å². The van der Waals surface area contributed by atoms with Crippen LogP contribution in [0.25, 0.3) is 10.7 Å². The lowest BCUT2D eigenvalue weighted by molar-refractivity contribution is -0.141. The molecule has 9 heteroatoms. The van der Waals surface area contributed by atoms with Crippen molar-refractivity contribution in [1.82, 2.24) is 29.8 Å². The average Bonchev–Trinajstić information content (AvgIpc) is 2.95. The van der Waals surface area contributed by atoms with Gasteiger partial charge < -0.3 is 5.11 Å². The highest BCUT2D eigenvalue weighted by atomic mass is 32.1. The Bertz CT molecular complexity index is 551. The molecule has 0 aliphatic rings. The molecule has 0 bridgehead atoms. The van der Waals surface area contributed by atoms with Gasteiger partial charge in [-0.15, -0.1) is 10.2 Å². The molecule has 18 heavy (non-hydrogen) atoms. The summed E-state index contributed by atoms with van der Waals surface area (Å²) < 4.78 is 5.35. The van der Waals surface area contributed by atoms with E-state index in [4.69, 9.17) is 5.11 Å². The number of aromatic nitrogens is 6. The molecule has 0 amide bonds. The van der Waals surface area contributed by atoms with E-state index < -0.39 is 11.9 Å². The van der Waals surface area contributed by atoms with Crippen LogP contribution < -0.4 is 0 Å². The average molecular weight is 268 g/mol. The molecule has 2 aromatic heterocycles. The van der Waals surface area contributed by atoms with Crippen molar-refractivity contribution in [3.8, 4) is 10.7 Å². The predicted octanol–water partition coefficient (Wildman–Crippen LogP) is 0.475. The van der Waals surface area contributed by atoms with Crippen LogP contribution in [-0.2, 0) is 17.8 Å². The zero-order valence-corrected chi connectivity index (χ0v) is 10.8. The Kier molecular flexibility index (Phi) is 3.60. The van der Waals surface area contributed by atoms with Crippen LogP contribution in [0.5, 0.6) is 0 Å². The first-order valence-electron chi connectivity index (χ1n) is 5.44. The van der Waals surface area contributed by atoms with Gasteiger partial charge in [0.1, 0.15) is 4.88 Å². The number of aliphatic carboxylic acids is 1. The zero-order valence-electron chi connectivity index (χ0n) is 9.94. The predicted molar refractivity (Wildman–Crippen MR) is 62.9 cm³/mol. The molecule has 8 nitrogen and oxygen atoms in total. The maximum absolute atomic E-state index is 10.8. The third-order valence-corrected chi connectivity index (χ3v) is 3.26. The summed E-state index contributed by atoms with van der Waals surface area (Å²) in [5.41, 5.74) is 0.819. The van der Waals surface area contributed by atoms with Gasteiger partial charge in [-0.05, 0) is 28.4 Å². The van der Waals surface area contributed by atoms with Crippen LogP contribution in [0.15, 0.2) is 0 Å². The van der Waals surface area contributed by atoms with Gasteiger partial charge in [-0.2, -0.15) is 0 Å². The first kappa shape index (κ1) is 12.6. The lowest BCUT2D eigenvalue weighted by Gasteiger charge is -2.06. The third-order valence-electron chi connectivity index (χ3n) is 2.49. The molecule has 0 aromatic carbocycles. The second-order valence-electron chi connectivity index (χ2n) is 3.83. The quantitative estimate of drug-likeness (QED) is 0.840. The van der Waals surface area contributed by atoms with E-state index in [2.05, 4.69) is 25.1 Å². The highest BCUT2D eigenvalue weighted by molar-refractivity contribution is 7.09. The molecular weight excluding hydrogens is 256 g/mol. The highest BCUT2D eigenvalue weighted by Gasteiger charge is 2.20. The summed E-state index contributed by atoms with van der Waals surface area (Å²) in [5, 5.41) is 24.2. The molecule has 1 atom stereocenters. The third kappa shape index (κ3) is 2.35. The van der Waals surface area contributed by atoms with E-state index in [0.717, 1.165) is 17.0 Å². The minimum atomic E-state index is -0.880. The van der Waals surface area contributed by atoms with E-state index in [9.17, 15) is 4.79 Å². The molecule has 0 aliphatic heterocycles. The Labute approximate surface area is 107 Å². The molecule has 0 spiro atoms. The van der Waals surface area contributed by atoms with Crippen molar-refractivity contribution in [3.05, 3.63) is 5.69 Å². The Morgan fingerprint density at radius 3 is 2.94 bits per heavy atom. The maximum Gasteiger partial charge on any atom is 0.308 e. The largest absolute Gasteiger partial charge is 0.481 e. The Hall–Kier alpha value is -1.90. The summed E-state index contributed by atoms with van der Waals surface area (Å²) in [4.78, 5) is 11.6. The van der Waals surface area contributed by atoms with Gasteiger partial charge in [0.15, 0.2) is 5.82 Å². The molecular formula is C9H12N6O2S. The van der Waals surface area contributed by atoms with Crippen LogP contribution in [-0.4, -0.2) is 40.9 Å². The number of hydrogen-bond acceptors (Lipinski definition) is 7. The van der Waals surface area contributed by atoms with Crippen molar-refractivity contribution in [2.75, 3.05) is 0 Å². The van der Waals surface area contributed by atoms with Gasteiger partial charge in [0.2, 0.25) is 0 Å². The molecule has 2 rings (SSSR count). The van der Waals surface area contributed by atoms with Gasteiger partial charge in [-0.1, -0.05) is 18.3 Å².